The zero-order valence-electron chi connectivity index (χ0n) is 12.8. The monoisotopic (exact) mass is 288 g/mol. The number of para-hydroxylation sites is 1. The number of ether oxygens (including phenoxy) is 1. The Hall–Kier alpha value is -1.55. The molecule has 0 aromatic heterocycles. The van der Waals surface area contributed by atoms with Crippen LogP contribution in [0.4, 0.5) is 5.69 Å². The van der Waals surface area contributed by atoms with Gasteiger partial charge in [-0.05, 0) is 31.4 Å². The Morgan fingerprint density at radius 2 is 2.14 bits per heavy atom. The number of hydrogen-bond acceptors (Lipinski definition) is 3. The molecule has 1 atom stereocenters. The molecular weight excluding hydrogens is 264 g/mol. The first-order valence-electron chi connectivity index (χ1n) is 7.80. The van der Waals surface area contributed by atoms with E-state index < -0.39 is 0 Å². The summed E-state index contributed by atoms with van der Waals surface area (Å²) in [6.45, 7) is 3.90. The zero-order valence-corrected chi connectivity index (χ0v) is 12.8. The predicted octanol–water partition coefficient (Wildman–Crippen LogP) is 2.15. The van der Waals surface area contributed by atoms with E-state index in [0.717, 1.165) is 44.8 Å². The van der Waals surface area contributed by atoms with Crippen LogP contribution in [0.25, 0.3) is 0 Å². The van der Waals surface area contributed by atoms with E-state index in [0.29, 0.717) is 6.54 Å². The van der Waals surface area contributed by atoms with Gasteiger partial charge in [-0.3, -0.25) is 4.79 Å². The van der Waals surface area contributed by atoms with Gasteiger partial charge >= 0.3 is 0 Å². The minimum absolute atomic E-state index is 0.226. The zero-order chi connectivity index (χ0) is 14.7. The highest BCUT2D eigenvalue weighted by Gasteiger charge is 2.41. The van der Waals surface area contributed by atoms with Crippen LogP contribution in [-0.2, 0) is 9.53 Å². The number of likely N-dealkylation sites (N-methyl/N-ethyl adjacent to an activating group) is 1. The fourth-order valence-electron chi connectivity index (χ4n) is 3.46. The number of hydrogen-bond donors (Lipinski definition) is 0. The third-order valence-corrected chi connectivity index (χ3v) is 4.76. The number of carbonyl (C=O) groups is 1. The Kier molecular flexibility index (Phi) is 4.15. The third kappa shape index (κ3) is 3.21. The van der Waals surface area contributed by atoms with Crippen molar-refractivity contribution >= 4 is 11.6 Å². The van der Waals surface area contributed by atoms with Crippen LogP contribution in [0.5, 0.6) is 0 Å². The standard InChI is InChI=1S/C17H24N2O2/c1-18(15-6-3-2-4-7-15)12-16(20)19-10-9-17(13-19)8-5-11-21-14-17/h2-4,6-7H,5,8-14H2,1H3. The lowest BCUT2D eigenvalue weighted by Crippen LogP contribution is -2.41. The molecule has 0 aliphatic carbocycles. The van der Waals surface area contributed by atoms with E-state index in [2.05, 4.69) is 0 Å². The normalized spacial score (nSPS) is 25.3. The summed E-state index contributed by atoms with van der Waals surface area (Å²) < 4.78 is 5.64. The lowest BCUT2D eigenvalue weighted by atomic mass is 9.82. The van der Waals surface area contributed by atoms with Crippen molar-refractivity contribution in [2.24, 2.45) is 5.41 Å². The highest BCUT2D eigenvalue weighted by molar-refractivity contribution is 5.81. The molecule has 1 spiro atoms. The van der Waals surface area contributed by atoms with Gasteiger partial charge < -0.3 is 14.5 Å². The van der Waals surface area contributed by atoms with Crippen LogP contribution in [-0.4, -0.2) is 50.7 Å². The van der Waals surface area contributed by atoms with Gasteiger partial charge in [0.05, 0.1) is 13.2 Å². The van der Waals surface area contributed by atoms with Gasteiger partial charge in [-0.2, -0.15) is 0 Å². The third-order valence-electron chi connectivity index (χ3n) is 4.76. The van der Waals surface area contributed by atoms with Crippen molar-refractivity contribution in [1.82, 2.24) is 4.90 Å². The lowest BCUT2D eigenvalue weighted by Gasteiger charge is -2.33. The molecule has 2 heterocycles. The first-order chi connectivity index (χ1) is 10.2. The topological polar surface area (TPSA) is 32.8 Å². The summed E-state index contributed by atoms with van der Waals surface area (Å²) in [4.78, 5) is 16.5. The van der Waals surface area contributed by atoms with Crippen molar-refractivity contribution < 1.29 is 9.53 Å². The Morgan fingerprint density at radius 1 is 1.33 bits per heavy atom. The predicted molar refractivity (Wildman–Crippen MR) is 83.4 cm³/mol. The number of likely N-dealkylation sites (tertiary alicyclic amines) is 1. The molecule has 2 fully saturated rings. The van der Waals surface area contributed by atoms with Crippen LogP contribution in [0.2, 0.25) is 0 Å². The first kappa shape index (κ1) is 14.4. The minimum atomic E-state index is 0.226. The smallest absolute Gasteiger partial charge is 0.242 e. The second-order valence-corrected chi connectivity index (χ2v) is 6.41. The summed E-state index contributed by atoms with van der Waals surface area (Å²) in [5.74, 6) is 0.226. The molecule has 21 heavy (non-hydrogen) atoms. The largest absolute Gasteiger partial charge is 0.381 e. The molecule has 2 saturated heterocycles. The Balaban J connectivity index is 1.57. The van der Waals surface area contributed by atoms with Gasteiger partial charge in [0.1, 0.15) is 0 Å². The number of benzene rings is 1. The van der Waals surface area contributed by atoms with Crippen LogP contribution in [0, 0.1) is 5.41 Å². The molecule has 2 aliphatic heterocycles. The van der Waals surface area contributed by atoms with Gasteiger partial charge in [-0.1, -0.05) is 18.2 Å². The number of amides is 1. The van der Waals surface area contributed by atoms with Gasteiger partial charge in [-0.15, -0.1) is 0 Å². The van der Waals surface area contributed by atoms with E-state index in [-0.39, 0.29) is 11.3 Å². The molecule has 1 aromatic carbocycles. The summed E-state index contributed by atoms with van der Waals surface area (Å²) in [5.41, 5.74) is 1.32. The maximum Gasteiger partial charge on any atom is 0.242 e. The molecule has 1 unspecified atom stereocenters. The number of anilines is 1. The van der Waals surface area contributed by atoms with Crippen molar-refractivity contribution in [2.75, 3.05) is 44.8 Å². The maximum atomic E-state index is 12.5. The Morgan fingerprint density at radius 3 is 2.86 bits per heavy atom. The molecule has 4 heteroatoms. The SMILES string of the molecule is CN(CC(=O)N1CCC2(CCCOC2)C1)c1ccccc1. The summed E-state index contributed by atoms with van der Waals surface area (Å²) >= 11 is 0. The molecule has 1 amide bonds. The average molecular weight is 288 g/mol. The van der Waals surface area contributed by atoms with Crippen molar-refractivity contribution in [3.05, 3.63) is 30.3 Å². The van der Waals surface area contributed by atoms with Crippen LogP contribution < -0.4 is 4.90 Å². The second kappa shape index (κ2) is 6.06. The van der Waals surface area contributed by atoms with E-state index in [1.807, 2.05) is 47.2 Å². The lowest BCUT2D eigenvalue weighted by molar-refractivity contribution is -0.129. The maximum absolute atomic E-state index is 12.5. The summed E-state index contributed by atoms with van der Waals surface area (Å²) in [7, 11) is 1.97. The molecule has 114 valence electrons. The van der Waals surface area contributed by atoms with E-state index in [1.54, 1.807) is 0 Å². The molecular formula is C17H24N2O2. The van der Waals surface area contributed by atoms with Crippen molar-refractivity contribution in [2.45, 2.75) is 19.3 Å². The van der Waals surface area contributed by atoms with Crippen LogP contribution in [0.1, 0.15) is 19.3 Å². The van der Waals surface area contributed by atoms with Gasteiger partial charge in [0, 0.05) is 37.8 Å². The van der Waals surface area contributed by atoms with Gasteiger partial charge in [0.2, 0.25) is 5.91 Å². The van der Waals surface area contributed by atoms with Crippen LogP contribution in [0.15, 0.2) is 30.3 Å². The Bertz CT molecular complexity index is 483. The second-order valence-electron chi connectivity index (χ2n) is 6.41. The number of carbonyl (C=O) groups excluding carboxylic acids is 1. The van der Waals surface area contributed by atoms with Crippen molar-refractivity contribution in [3.8, 4) is 0 Å². The van der Waals surface area contributed by atoms with Gasteiger partial charge in [-0.25, -0.2) is 0 Å². The van der Waals surface area contributed by atoms with E-state index in [4.69, 9.17) is 4.74 Å². The minimum Gasteiger partial charge on any atom is -0.381 e. The molecule has 2 aliphatic rings. The van der Waals surface area contributed by atoms with Crippen molar-refractivity contribution in [1.29, 1.82) is 0 Å². The quantitative estimate of drug-likeness (QED) is 0.854. The van der Waals surface area contributed by atoms with Gasteiger partial charge in [0.25, 0.3) is 0 Å². The Labute approximate surface area is 126 Å². The van der Waals surface area contributed by atoms with Crippen molar-refractivity contribution in [3.63, 3.8) is 0 Å². The molecule has 3 rings (SSSR count). The number of rotatable bonds is 3. The summed E-state index contributed by atoms with van der Waals surface area (Å²) in [5, 5.41) is 0. The van der Waals surface area contributed by atoms with E-state index >= 15 is 0 Å². The van der Waals surface area contributed by atoms with Crippen LogP contribution in [0.3, 0.4) is 0 Å². The fourth-order valence-corrected chi connectivity index (χ4v) is 3.46. The van der Waals surface area contributed by atoms with Gasteiger partial charge in [0.15, 0.2) is 0 Å². The molecule has 0 radical (unpaired) electrons. The molecule has 0 bridgehead atoms. The fraction of sp³-hybridized carbons (Fsp3) is 0.588. The molecule has 0 saturated carbocycles. The summed E-state index contributed by atoms with van der Waals surface area (Å²) in [6.07, 6.45) is 3.42. The summed E-state index contributed by atoms with van der Waals surface area (Å²) in [6, 6.07) is 10.1. The molecule has 4 nitrogen and oxygen atoms in total. The van der Waals surface area contributed by atoms with E-state index in [1.165, 1.54) is 6.42 Å². The number of nitrogens with zero attached hydrogens (tertiary/aromatic N) is 2. The highest BCUT2D eigenvalue weighted by Crippen LogP contribution is 2.38. The highest BCUT2D eigenvalue weighted by atomic mass is 16.5. The molecule has 1 aromatic rings. The van der Waals surface area contributed by atoms with E-state index in [9.17, 15) is 4.79 Å². The first-order valence-corrected chi connectivity index (χ1v) is 7.80. The molecule has 0 N–H and O–H groups in total. The van der Waals surface area contributed by atoms with Crippen LogP contribution >= 0.6 is 0 Å². The average Bonchev–Trinajstić information content (AvgIpc) is 2.92.